The minimum atomic E-state index is -0.797. The SMILES string of the molecule is CO[CH-]C(C)(C)O.CO[CH-]C(C)(C)O.CO[CH-]C(C)(C)O.CO[CH-]C(C)(C)O.[Ti+4]. The monoisotopic (exact) mass is 460 g/mol. The maximum atomic E-state index is 8.84. The van der Waals surface area contributed by atoms with E-state index in [0.717, 1.165) is 0 Å². The van der Waals surface area contributed by atoms with Crippen molar-refractivity contribution in [3.8, 4) is 0 Å². The molecule has 0 aliphatic rings. The predicted molar refractivity (Wildman–Crippen MR) is 110 cm³/mol. The van der Waals surface area contributed by atoms with Crippen LogP contribution in [0.4, 0.5) is 0 Å². The Morgan fingerprint density at radius 1 is 0.414 bits per heavy atom. The van der Waals surface area contributed by atoms with E-state index in [2.05, 4.69) is 18.9 Å². The van der Waals surface area contributed by atoms with Gasteiger partial charge < -0.3 is 39.4 Å². The molecule has 0 heterocycles. The molecule has 0 saturated carbocycles. The Morgan fingerprint density at radius 3 is 0.517 bits per heavy atom. The van der Waals surface area contributed by atoms with Gasteiger partial charge in [0, 0.05) is 0 Å². The summed E-state index contributed by atoms with van der Waals surface area (Å²) in [5.74, 6) is 0. The predicted octanol–water partition coefficient (Wildman–Crippen LogP) is 2.26. The van der Waals surface area contributed by atoms with Crippen molar-refractivity contribution in [3.05, 3.63) is 26.4 Å². The van der Waals surface area contributed by atoms with Gasteiger partial charge in [-0.1, -0.05) is 55.4 Å². The van der Waals surface area contributed by atoms with E-state index in [1.165, 1.54) is 54.9 Å². The van der Waals surface area contributed by atoms with E-state index >= 15 is 0 Å². The Kier molecular flexibility index (Phi) is 27.9. The van der Waals surface area contributed by atoms with Crippen LogP contribution in [0.3, 0.4) is 0 Å². The Labute approximate surface area is 193 Å². The van der Waals surface area contributed by atoms with Gasteiger partial charge in [0.05, 0.1) is 0 Å². The first-order valence-electron chi connectivity index (χ1n) is 8.62. The van der Waals surface area contributed by atoms with Crippen LogP contribution < -0.4 is 0 Å². The van der Waals surface area contributed by atoms with Crippen LogP contribution in [0.15, 0.2) is 0 Å². The minimum absolute atomic E-state index is 0. The van der Waals surface area contributed by atoms with Gasteiger partial charge >= 0.3 is 21.7 Å². The van der Waals surface area contributed by atoms with E-state index in [0.29, 0.717) is 0 Å². The molecule has 0 aromatic heterocycles. The summed E-state index contributed by atoms with van der Waals surface area (Å²) >= 11 is 0. The van der Waals surface area contributed by atoms with Crippen LogP contribution in [-0.4, -0.2) is 71.3 Å². The summed E-state index contributed by atoms with van der Waals surface area (Å²) < 4.78 is 18.1. The topological polar surface area (TPSA) is 118 Å². The van der Waals surface area contributed by atoms with E-state index in [-0.39, 0.29) is 21.7 Å². The van der Waals surface area contributed by atoms with Gasteiger partial charge in [0.15, 0.2) is 0 Å². The summed E-state index contributed by atoms with van der Waals surface area (Å²) in [7, 11) is 6.05. The molecule has 0 amide bonds. The molecular formula is C20H44O8Ti. The molecular weight excluding hydrogens is 416 g/mol. The first-order chi connectivity index (χ1) is 12.2. The summed E-state index contributed by atoms with van der Waals surface area (Å²) in [6.45, 7) is 18.7. The van der Waals surface area contributed by atoms with Gasteiger partial charge in [0.2, 0.25) is 0 Å². The number of hydrogen-bond acceptors (Lipinski definition) is 8. The molecule has 8 nitrogen and oxygen atoms in total. The Balaban J connectivity index is -0.0000000873. The van der Waals surface area contributed by atoms with Crippen molar-refractivity contribution in [2.45, 2.75) is 77.8 Å². The molecule has 0 bridgehead atoms. The van der Waals surface area contributed by atoms with Gasteiger partial charge in [-0.05, 0) is 50.8 Å². The third-order valence-corrected chi connectivity index (χ3v) is 1.63. The van der Waals surface area contributed by atoms with E-state index in [1.807, 2.05) is 0 Å². The molecule has 0 atom stereocenters. The van der Waals surface area contributed by atoms with Gasteiger partial charge in [-0.15, -0.1) is 0 Å². The molecule has 0 rings (SSSR count). The molecule has 29 heavy (non-hydrogen) atoms. The van der Waals surface area contributed by atoms with Crippen LogP contribution in [0.5, 0.6) is 0 Å². The second-order valence-corrected chi connectivity index (χ2v) is 8.03. The molecule has 0 aromatic rings. The van der Waals surface area contributed by atoms with Crippen molar-refractivity contribution >= 4 is 0 Å². The molecule has 4 N–H and O–H groups in total. The van der Waals surface area contributed by atoms with Crippen molar-refractivity contribution in [2.75, 3.05) is 28.4 Å². The zero-order valence-corrected chi connectivity index (χ0v) is 21.8. The second kappa shape index (κ2) is 20.3. The maximum absolute atomic E-state index is 8.84. The number of hydrogen-bond donors (Lipinski definition) is 4. The Bertz CT molecular complexity index is 248. The van der Waals surface area contributed by atoms with Gasteiger partial charge in [-0.2, -0.15) is 26.4 Å². The van der Waals surface area contributed by atoms with Crippen LogP contribution in [-0.2, 0) is 40.7 Å². The zero-order chi connectivity index (χ0) is 23.7. The average Bonchev–Trinajstić information content (AvgIpc) is 2.34. The zero-order valence-electron chi connectivity index (χ0n) is 20.2. The molecule has 0 saturated heterocycles. The standard InChI is InChI=1S/4C5H11O2.Ti/c4*1-5(2,6)4-7-3;/h4*4,6H,1-3H3;/q4*-1;+4. The van der Waals surface area contributed by atoms with Gasteiger partial charge in [0.1, 0.15) is 0 Å². The van der Waals surface area contributed by atoms with Crippen molar-refractivity contribution in [2.24, 2.45) is 0 Å². The van der Waals surface area contributed by atoms with Crippen LogP contribution >= 0.6 is 0 Å². The first kappa shape index (κ1) is 39.8. The summed E-state index contributed by atoms with van der Waals surface area (Å²) in [5.41, 5.74) is -3.19. The van der Waals surface area contributed by atoms with E-state index in [4.69, 9.17) is 20.4 Å². The molecule has 0 unspecified atom stereocenters. The number of aliphatic hydroxyl groups is 4. The summed E-state index contributed by atoms with van der Waals surface area (Å²) in [6, 6.07) is 0. The molecule has 0 spiro atoms. The average molecular weight is 460 g/mol. The fourth-order valence-electron chi connectivity index (χ4n) is 1.15. The third kappa shape index (κ3) is 73.6. The molecule has 176 valence electrons. The van der Waals surface area contributed by atoms with Crippen molar-refractivity contribution in [1.82, 2.24) is 0 Å². The largest absolute Gasteiger partial charge is 4.00 e. The van der Waals surface area contributed by atoms with Crippen LogP contribution in [0.1, 0.15) is 55.4 Å². The molecule has 0 aliphatic heterocycles. The normalized spacial score (nSPS) is 11.6. The molecule has 0 aliphatic carbocycles. The Morgan fingerprint density at radius 2 is 0.517 bits per heavy atom. The first-order valence-corrected chi connectivity index (χ1v) is 8.62. The van der Waals surface area contributed by atoms with E-state index in [9.17, 15) is 0 Å². The minimum Gasteiger partial charge on any atom is -0.552 e. The van der Waals surface area contributed by atoms with Crippen molar-refractivity contribution in [3.63, 3.8) is 0 Å². The van der Waals surface area contributed by atoms with Crippen LogP contribution in [0, 0.1) is 26.4 Å². The summed E-state index contributed by atoms with van der Waals surface area (Å²) in [5, 5.41) is 35.3. The molecule has 0 fully saturated rings. The van der Waals surface area contributed by atoms with Gasteiger partial charge in [0.25, 0.3) is 0 Å². The molecule has 0 aromatic carbocycles. The Hall–Kier alpha value is 0.394. The smallest absolute Gasteiger partial charge is 0.552 e. The number of ether oxygens (including phenoxy) is 4. The fourth-order valence-corrected chi connectivity index (χ4v) is 1.15. The van der Waals surface area contributed by atoms with Crippen molar-refractivity contribution in [1.29, 1.82) is 0 Å². The number of rotatable bonds is 8. The van der Waals surface area contributed by atoms with Gasteiger partial charge in [-0.3, -0.25) is 0 Å². The summed E-state index contributed by atoms with van der Waals surface area (Å²) in [4.78, 5) is 0. The van der Waals surface area contributed by atoms with E-state index < -0.39 is 22.4 Å². The van der Waals surface area contributed by atoms with Crippen LogP contribution in [0.25, 0.3) is 0 Å². The van der Waals surface area contributed by atoms with Crippen molar-refractivity contribution < 1.29 is 61.1 Å². The van der Waals surface area contributed by atoms with Crippen LogP contribution in [0.2, 0.25) is 0 Å². The summed E-state index contributed by atoms with van der Waals surface area (Å²) in [6.07, 6.45) is 0. The molecule has 9 heteroatoms. The second-order valence-electron chi connectivity index (χ2n) is 8.03. The number of methoxy groups -OCH3 is 4. The quantitative estimate of drug-likeness (QED) is 0.322. The molecule has 0 radical (unpaired) electrons. The van der Waals surface area contributed by atoms with E-state index in [1.54, 1.807) is 55.4 Å². The van der Waals surface area contributed by atoms with Gasteiger partial charge in [-0.25, -0.2) is 0 Å². The maximum Gasteiger partial charge on any atom is 4.00 e. The third-order valence-electron chi connectivity index (χ3n) is 1.63. The fraction of sp³-hybridized carbons (Fsp3) is 0.800.